The number of carbonyl (C=O) groups excluding carboxylic acids is 2. The maximum Gasteiger partial charge on any atom is 0.306 e. The van der Waals surface area contributed by atoms with E-state index in [0.717, 1.165) is 32.1 Å². The van der Waals surface area contributed by atoms with Gasteiger partial charge in [-0.15, -0.1) is 0 Å². The molecular formula is C13H20O4. The van der Waals surface area contributed by atoms with Gasteiger partial charge in [-0.2, -0.15) is 0 Å². The molecule has 17 heavy (non-hydrogen) atoms. The van der Waals surface area contributed by atoms with Gasteiger partial charge in [0.25, 0.3) is 0 Å². The number of hydrogen-bond donors (Lipinski definition) is 0. The first-order valence-corrected chi connectivity index (χ1v) is 6.54. The number of hydrogen-bond acceptors (Lipinski definition) is 4. The number of carbonyl (C=O) groups is 2. The first-order valence-electron chi connectivity index (χ1n) is 6.54. The van der Waals surface area contributed by atoms with E-state index in [1.807, 2.05) is 6.92 Å². The van der Waals surface area contributed by atoms with Crippen molar-refractivity contribution in [3.63, 3.8) is 0 Å². The van der Waals surface area contributed by atoms with Crippen LogP contribution in [0.25, 0.3) is 0 Å². The third-order valence-corrected chi connectivity index (χ3v) is 3.93. The SMILES string of the molecule is CCOC(=O)C[C@H]1CCCC[C@@]12CCC(=O)O2. The van der Waals surface area contributed by atoms with Crippen molar-refractivity contribution in [1.29, 1.82) is 0 Å². The quantitative estimate of drug-likeness (QED) is 0.710. The second-order valence-corrected chi connectivity index (χ2v) is 4.99. The molecule has 1 spiro atoms. The maximum atomic E-state index is 11.6. The van der Waals surface area contributed by atoms with Crippen LogP contribution in [0, 0.1) is 5.92 Å². The Labute approximate surface area is 102 Å². The summed E-state index contributed by atoms with van der Waals surface area (Å²) in [6, 6.07) is 0. The van der Waals surface area contributed by atoms with Crippen LogP contribution in [0.2, 0.25) is 0 Å². The number of ether oxygens (including phenoxy) is 2. The van der Waals surface area contributed by atoms with Crippen LogP contribution in [-0.2, 0) is 19.1 Å². The Hall–Kier alpha value is -1.06. The molecule has 0 aromatic rings. The molecule has 0 aromatic carbocycles. The zero-order valence-corrected chi connectivity index (χ0v) is 10.4. The molecule has 0 radical (unpaired) electrons. The number of esters is 2. The Morgan fingerprint density at radius 2 is 2.29 bits per heavy atom. The fourth-order valence-electron chi connectivity index (χ4n) is 3.10. The predicted octanol–water partition coefficient (Wildman–Crippen LogP) is 2.21. The van der Waals surface area contributed by atoms with E-state index in [4.69, 9.17) is 9.47 Å². The van der Waals surface area contributed by atoms with E-state index in [9.17, 15) is 9.59 Å². The van der Waals surface area contributed by atoms with E-state index in [1.165, 1.54) is 0 Å². The molecule has 0 N–H and O–H groups in total. The monoisotopic (exact) mass is 240 g/mol. The van der Waals surface area contributed by atoms with Gasteiger partial charge in [-0.25, -0.2) is 0 Å². The lowest BCUT2D eigenvalue weighted by molar-refractivity contribution is -0.161. The molecule has 2 rings (SSSR count). The molecule has 0 bridgehead atoms. The van der Waals surface area contributed by atoms with Crippen molar-refractivity contribution in [2.45, 2.75) is 57.5 Å². The van der Waals surface area contributed by atoms with Crippen LogP contribution in [0.4, 0.5) is 0 Å². The standard InChI is InChI=1S/C13H20O4/c1-2-16-12(15)9-10-5-3-4-7-13(10)8-6-11(14)17-13/h10H,2-9H2,1H3/t10-,13-/m1/s1. The van der Waals surface area contributed by atoms with Crippen molar-refractivity contribution in [3.05, 3.63) is 0 Å². The summed E-state index contributed by atoms with van der Waals surface area (Å²) < 4.78 is 10.5. The van der Waals surface area contributed by atoms with Crippen LogP contribution in [0.15, 0.2) is 0 Å². The van der Waals surface area contributed by atoms with Crippen LogP contribution in [0.3, 0.4) is 0 Å². The van der Waals surface area contributed by atoms with Crippen LogP contribution >= 0.6 is 0 Å². The van der Waals surface area contributed by atoms with E-state index in [1.54, 1.807) is 0 Å². The Bertz CT molecular complexity index is 313. The van der Waals surface area contributed by atoms with Gasteiger partial charge in [-0.3, -0.25) is 9.59 Å². The molecule has 2 aliphatic rings. The molecule has 1 heterocycles. The highest BCUT2D eigenvalue weighted by molar-refractivity contribution is 5.73. The minimum atomic E-state index is -0.359. The predicted molar refractivity (Wildman–Crippen MR) is 61.3 cm³/mol. The number of rotatable bonds is 3. The molecule has 1 saturated carbocycles. The molecule has 0 aromatic heterocycles. The lowest BCUT2D eigenvalue weighted by atomic mass is 9.72. The lowest BCUT2D eigenvalue weighted by Crippen LogP contribution is -2.41. The van der Waals surface area contributed by atoms with E-state index in [2.05, 4.69) is 0 Å². The minimum Gasteiger partial charge on any atom is -0.466 e. The first kappa shape index (κ1) is 12.4. The van der Waals surface area contributed by atoms with Crippen molar-refractivity contribution in [2.24, 2.45) is 5.92 Å². The smallest absolute Gasteiger partial charge is 0.306 e. The lowest BCUT2D eigenvalue weighted by Gasteiger charge is -2.39. The average Bonchev–Trinajstić information content (AvgIpc) is 2.65. The Morgan fingerprint density at radius 3 is 2.94 bits per heavy atom. The van der Waals surface area contributed by atoms with Crippen LogP contribution in [0.1, 0.15) is 51.9 Å². The van der Waals surface area contributed by atoms with Crippen molar-refractivity contribution >= 4 is 11.9 Å². The molecule has 2 fully saturated rings. The zero-order chi connectivity index (χ0) is 12.3. The molecule has 0 unspecified atom stereocenters. The summed E-state index contributed by atoms with van der Waals surface area (Å²) in [6.45, 7) is 2.22. The molecular weight excluding hydrogens is 220 g/mol. The van der Waals surface area contributed by atoms with Crippen LogP contribution in [0.5, 0.6) is 0 Å². The van der Waals surface area contributed by atoms with Gasteiger partial charge in [0.2, 0.25) is 0 Å². The third kappa shape index (κ3) is 2.61. The van der Waals surface area contributed by atoms with Crippen molar-refractivity contribution in [1.82, 2.24) is 0 Å². The fraction of sp³-hybridized carbons (Fsp3) is 0.846. The summed E-state index contributed by atoms with van der Waals surface area (Å²) in [7, 11) is 0. The average molecular weight is 240 g/mol. The fourth-order valence-corrected chi connectivity index (χ4v) is 3.10. The molecule has 1 saturated heterocycles. The second-order valence-electron chi connectivity index (χ2n) is 4.99. The molecule has 1 aliphatic carbocycles. The van der Waals surface area contributed by atoms with Gasteiger partial charge in [-0.05, 0) is 32.6 Å². The molecule has 2 atom stereocenters. The highest BCUT2D eigenvalue weighted by Gasteiger charge is 2.48. The summed E-state index contributed by atoms with van der Waals surface area (Å²) in [4.78, 5) is 22.9. The summed E-state index contributed by atoms with van der Waals surface area (Å²) >= 11 is 0. The van der Waals surface area contributed by atoms with Crippen molar-refractivity contribution in [2.75, 3.05) is 6.61 Å². The van der Waals surface area contributed by atoms with Crippen LogP contribution in [-0.4, -0.2) is 24.1 Å². The normalized spacial score (nSPS) is 32.5. The van der Waals surface area contributed by atoms with E-state index in [0.29, 0.717) is 19.4 Å². The van der Waals surface area contributed by atoms with Crippen molar-refractivity contribution < 1.29 is 19.1 Å². The topological polar surface area (TPSA) is 52.6 Å². The van der Waals surface area contributed by atoms with Gasteiger partial charge in [0, 0.05) is 12.3 Å². The third-order valence-electron chi connectivity index (χ3n) is 3.93. The van der Waals surface area contributed by atoms with Gasteiger partial charge in [0.1, 0.15) is 5.60 Å². The van der Waals surface area contributed by atoms with E-state index in [-0.39, 0.29) is 23.5 Å². The van der Waals surface area contributed by atoms with Gasteiger partial charge in [0.15, 0.2) is 0 Å². The Morgan fingerprint density at radius 1 is 1.47 bits per heavy atom. The van der Waals surface area contributed by atoms with Gasteiger partial charge in [-0.1, -0.05) is 6.42 Å². The van der Waals surface area contributed by atoms with Gasteiger partial charge in [0.05, 0.1) is 13.0 Å². The van der Waals surface area contributed by atoms with E-state index < -0.39 is 0 Å². The van der Waals surface area contributed by atoms with Crippen LogP contribution < -0.4 is 0 Å². The summed E-state index contributed by atoms with van der Waals surface area (Å²) in [5.74, 6) is -0.121. The maximum absolute atomic E-state index is 11.6. The van der Waals surface area contributed by atoms with E-state index >= 15 is 0 Å². The minimum absolute atomic E-state index is 0.110. The van der Waals surface area contributed by atoms with Gasteiger partial charge < -0.3 is 9.47 Å². The summed E-state index contributed by atoms with van der Waals surface area (Å²) in [6.07, 6.45) is 5.74. The second kappa shape index (κ2) is 5.07. The first-order chi connectivity index (χ1) is 8.16. The highest BCUT2D eigenvalue weighted by atomic mass is 16.6. The largest absolute Gasteiger partial charge is 0.466 e. The zero-order valence-electron chi connectivity index (χ0n) is 10.4. The summed E-state index contributed by atoms with van der Waals surface area (Å²) in [5, 5.41) is 0. The van der Waals surface area contributed by atoms with Gasteiger partial charge >= 0.3 is 11.9 Å². The molecule has 4 heteroatoms. The molecule has 96 valence electrons. The summed E-state index contributed by atoms with van der Waals surface area (Å²) in [5.41, 5.74) is -0.359. The van der Waals surface area contributed by atoms with Crippen molar-refractivity contribution in [3.8, 4) is 0 Å². The Balaban J connectivity index is 2.02. The Kier molecular flexibility index (Phi) is 3.69. The molecule has 4 nitrogen and oxygen atoms in total. The highest BCUT2D eigenvalue weighted by Crippen LogP contribution is 2.45. The molecule has 0 amide bonds. The molecule has 1 aliphatic heterocycles.